The summed E-state index contributed by atoms with van der Waals surface area (Å²) in [6.45, 7) is 3.48. The maximum absolute atomic E-state index is 11.8. The second-order valence-electron chi connectivity index (χ2n) is 4.49. The van der Waals surface area contributed by atoms with Gasteiger partial charge in [0.25, 0.3) is 5.91 Å². The number of hydrogen-bond acceptors (Lipinski definition) is 3. The molecule has 0 radical (unpaired) electrons. The van der Waals surface area contributed by atoms with Gasteiger partial charge in [0.15, 0.2) is 6.61 Å². The van der Waals surface area contributed by atoms with Crippen LogP contribution in [-0.2, 0) is 4.79 Å². The number of ether oxygens (including phenoxy) is 1. The summed E-state index contributed by atoms with van der Waals surface area (Å²) in [5.41, 5.74) is 6.88. The molecular formula is C13H18N2O2. The molecule has 2 rings (SSSR count). The van der Waals surface area contributed by atoms with Gasteiger partial charge >= 0.3 is 0 Å². The standard InChI is InChI=1S/C13H18N2O2/c1-10-3-2-4-12(7-10)17-9-13(16)15-6-5-11(14)8-15/h2-4,7,11H,5-6,8-9,14H2,1H3. The van der Waals surface area contributed by atoms with Crippen molar-refractivity contribution >= 4 is 5.91 Å². The Morgan fingerprint density at radius 3 is 3.06 bits per heavy atom. The van der Waals surface area contributed by atoms with Gasteiger partial charge in [-0.15, -0.1) is 0 Å². The van der Waals surface area contributed by atoms with Gasteiger partial charge in [0, 0.05) is 19.1 Å². The fourth-order valence-corrected chi connectivity index (χ4v) is 1.96. The molecule has 0 bridgehead atoms. The van der Waals surface area contributed by atoms with Crippen molar-refractivity contribution in [3.8, 4) is 5.75 Å². The molecule has 0 aliphatic carbocycles. The number of benzene rings is 1. The summed E-state index contributed by atoms with van der Waals surface area (Å²) in [5.74, 6) is 0.751. The molecule has 1 aromatic rings. The average Bonchev–Trinajstić information content (AvgIpc) is 2.73. The van der Waals surface area contributed by atoms with Crippen LogP contribution in [0, 0.1) is 6.92 Å². The van der Waals surface area contributed by atoms with Gasteiger partial charge in [-0.3, -0.25) is 4.79 Å². The quantitative estimate of drug-likeness (QED) is 0.846. The second-order valence-corrected chi connectivity index (χ2v) is 4.49. The summed E-state index contributed by atoms with van der Waals surface area (Å²) < 4.78 is 5.46. The molecule has 1 amide bonds. The van der Waals surface area contributed by atoms with E-state index in [0.29, 0.717) is 6.54 Å². The van der Waals surface area contributed by atoms with Crippen molar-refractivity contribution in [2.75, 3.05) is 19.7 Å². The zero-order chi connectivity index (χ0) is 12.3. The molecule has 1 fully saturated rings. The molecule has 1 saturated heterocycles. The Kier molecular flexibility index (Phi) is 3.64. The van der Waals surface area contributed by atoms with Crippen molar-refractivity contribution in [1.29, 1.82) is 0 Å². The van der Waals surface area contributed by atoms with Gasteiger partial charge in [-0.05, 0) is 31.0 Å². The van der Waals surface area contributed by atoms with Crippen LogP contribution in [0.5, 0.6) is 5.75 Å². The molecule has 0 spiro atoms. The minimum atomic E-state index is 0.0134. The van der Waals surface area contributed by atoms with Gasteiger partial charge in [0.05, 0.1) is 0 Å². The number of rotatable bonds is 3. The van der Waals surface area contributed by atoms with E-state index in [1.165, 1.54) is 0 Å². The van der Waals surface area contributed by atoms with Gasteiger partial charge in [-0.1, -0.05) is 12.1 Å². The smallest absolute Gasteiger partial charge is 0.260 e. The SMILES string of the molecule is Cc1cccc(OCC(=O)N2CCC(N)C2)c1. The lowest BCUT2D eigenvalue weighted by molar-refractivity contribution is -0.132. The molecule has 1 aliphatic heterocycles. The number of amides is 1. The Bertz CT molecular complexity index is 406. The highest BCUT2D eigenvalue weighted by Crippen LogP contribution is 2.13. The first kappa shape index (κ1) is 11.9. The van der Waals surface area contributed by atoms with Crippen LogP contribution < -0.4 is 10.5 Å². The lowest BCUT2D eigenvalue weighted by Crippen LogP contribution is -2.35. The molecule has 2 N–H and O–H groups in total. The van der Waals surface area contributed by atoms with Crippen molar-refractivity contribution in [3.05, 3.63) is 29.8 Å². The number of hydrogen-bond donors (Lipinski definition) is 1. The van der Waals surface area contributed by atoms with Gasteiger partial charge in [-0.25, -0.2) is 0 Å². The number of nitrogens with zero attached hydrogens (tertiary/aromatic N) is 1. The predicted molar refractivity (Wildman–Crippen MR) is 65.8 cm³/mol. The minimum absolute atomic E-state index is 0.0134. The minimum Gasteiger partial charge on any atom is -0.484 e. The summed E-state index contributed by atoms with van der Waals surface area (Å²) in [5, 5.41) is 0. The molecule has 92 valence electrons. The van der Waals surface area contributed by atoms with Crippen LogP contribution in [0.4, 0.5) is 0 Å². The summed E-state index contributed by atoms with van der Waals surface area (Å²) in [7, 11) is 0. The van der Waals surface area contributed by atoms with Crippen molar-refractivity contribution in [3.63, 3.8) is 0 Å². The van der Waals surface area contributed by atoms with E-state index >= 15 is 0 Å². The maximum atomic E-state index is 11.8. The lowest BCUT2D eigenvalue weighted by atomic mass is 10.2. The molecule has 4 nitrogen and oxygen atoms in total. The maximum Gasteiger partial charge on any atom is 0.260 e. The fraction of sp³-hybridized carbons (Fsp3) is 0.462. The number of nitrogens with two attached hydrogens (primary N) is 1. The van der Waals surface area contributed by atoms with E-state index in [1.807, 2.05) is 31.2 Å². The Morgan fingerprint density at radius 1 is 1.59 bits per heavy atom. The molecule has 1 aromatic carbocycles. The molecule has 0 saturated carbocycles. The van der Waals surface area contributed by atoms with Gasteiger partial charge < -0.3 is 15.4 Å². The average molecular weight is 234 g/mol. The van der Waals surface area contributed by atoms with E-state index < -0.39 is 0 Å². The molecular weight excluding hydrogens is 216 g/mol. The first-order valence-corrected chi connectivity index (χ1v) is 5.88. The Balaban J connectivity index is 1.84. The zero-order valence-corrected chi connectivity index (χ0v) is 10.1. The number of carbonyl (C=O) groups is 1. The van der Waals surface area contributed by atoms with E-state index in [9.17, 15) is 4.79 Å². The number of carbonyl (C=O) groups excluding carboxylic acids is 1. The molecule has 1 unspecified atom stereocenters. The predicted octanol–water partition coefficient (Wildman–Crippen LogP) is 0.933. The van der Waals surface area contributed by atoms with Crippen molar-refractivity contribution in [2.24, 2.45) is 5.73 Å². The second kappa shape index (κ2) is 5.19. The summed E-state index contributed by atoms with van der Waals surface area (Å²) in [6, 6.07) is 7.81. The van der Waals surface area contributed by atoms with Gasteiger partial charge in [-0.2, -0.15) is 0 Å². The first-order valence-electron chi connectivity index (χ1n) is 5.88. The Hall–Kier alpha value is -1.55. The van der Waals surface area contributed by atoms with Crippen LogP contribution in [-0.4, -0.2) is 36.5 Å². The highest BCUT2D eigenvalue weighted by molar-refractivity contribution is 5.78. The summed E-state index contributed by atoms with van der Waals surface area (Å²) in [6.07, 6.45) is 0.885. The third-order valence-corrected chi connectivity index (χ3v) is 2.93. The zero-order valence-electron chi connectivity index (χ0n) is 10.1. The highest BCUT2D eigenvalue weighted by Gasteiger charge is 2.23. The van der Waals surface area contributed by atoms with E-state index in [1.54, 1.807) is 4.90 Å². The molecule has 1 aliphatic rings. The van der Waals surface area contributed by atoms with Crippen molar-refractivity contribution < 1.29 is 9.53 Å². The van der Waals surface area contributed by atoms with E-state index in [2.05, 4.69) is 0 Å². The molecule has 1 heterocycles. The summed E-state index contributed by atoms with van der Waals surface area (Å²) in [4.78, 5) is 13.6. The van der Waals surface area contributed by atoms with E-state index in [4.69, 9.17) is 10.5 Å². The topological polar surface area (TPSA) is 55.6 Å². The number of likely N-dealkylation sites (tertiary alicyclic amines) is 1. The van der Waals surface area contributed by atoms with Crippen LogP contribution in [0.25, 0.3) is 0 Å². The summed E-state index contributed by atoms with van der Waals surface area (Å²) >= 11 is 0. The van der Waals surface area contributed by atoms with Crippen LogP contribution in [0.2, 0.25) is 0 Å². The van der Waals surface area contributed by atoms with Crippen LogP contribution >= 0.6 is 0 Å². The Labute approximate surface area is 101 Å². The van der Waals surface area contributed by atoms with Crippen molar-refractivity contribution in [1.82, 2.24) is 4.90 Å². The molecule has 1 atom stereocenters. The molecule has 4 heteroatoms. The van der Waals surface area contributed by atoms with Crippen LogP contribution in [0.3, 0.4) is 0 Å². The third kappa shape index (κ3) is 3.20. The van der Waals surface area contributed by atoms with Crippen molar-refractivity contribution in [2.45, 2.75) is 19.4 Å². The Morgan fingerprint density at radius 2 is 2.41 bits per heavy atom. The monoisotopic (exact) mass is 234 g/mol. The third-order valence-electron chi connectivity index (χ3n) is 2.93. The number of aryl methyl sites for hydroxylation is 1. The molecule has 0 aromatic heterocycles. The van der Waals surface area contributed by atoms with Gasteiger partial charge in [0.1, 0.15) is 5.75 Å². The van der Waals surface area contributed by atoms with E-state index in [0.717, 1.165) is 24.3 Å². The molecule has 17 heavy (non-hydrogen) atoms. The van der Waals surface area contributed by atoms with Gasteiger partial charge in [0.2, 0.25) is 0 Å². The normalized spacial score (nSPS) is 19.4. The van der Waals surface area contributed by atoms with Crippen LogP contribution in [0.15, 0.2) is 24.3 Å². The first-order chi connectivity index (χ1) is 8.15. The highest BCUT2D eigenvalue weighted by atomic mass is 16.5. The van der Waals surface area contributed by atoms with E-state index in [-0.39, 0.29) is 18.6 Å². The fourth-order valence-electron chi connectivity index (χ4n) is 1.96. The lowest BCUT2D eigenvalue weighted by Gasteiger charge is -2.16. The largest absolute Gasteiger partial charge is 0.484 e. The van der Waals surface area contributed by atoms with Crippen LogP contribution in [0.1, 0.15) is 12.0 Å².